The van der Waals surface area contributed by atoms with E-state index < -0.39 is 0 Å². The second kappa shape index (κ2) is 9.93. The first-order valence-electron chi connectivity index (χ1n) is 9.63. The van der Waals surface area contributed by atoms with Gasteiger partial charge in [0.2, 0.25) is 5.91 Å². The number of carbonyl (C=O) groups is 1. The second-order valence-electron chi connectivity index (χ2n) is 7.06. The number of thioether (sulfide) groups is 1. The number of carbonyl (C=O) groups excluding carboxylic acids is 1. The third-order valence-corrected chi connectivity index (χ3v) is 6.29. The highest BCUT2D eigenvalue weighted by Crippen LogP contribution is 2.37. The second-order valence-corrected chi connectivity index (χ2v) is 8.21. The summed E-state index contributed by atoms with van der Waals surface area (Å²) in [6, 6.07) is 16.5. The van der Waals surface area contributed by atoms with Crippen molar-refractivity contribution < 1.29 is 4.79 Å². The average molecular weight is 384 g/mol. The summed E-state index contributed by atoms with van der Waals surface area (Å²) in [5.41, 5.74) is 3.50. The van der Waals surface area contributed by atoms with Gasteiger partial charge in [0.15, 0.2) is 0 Å². The molecular formula is C22H29N3OS. The summed E-state index contributed by atoms with van der Waals surface area (Å²) < 4.78 is 0. The monoisotopic (exact) mass is 383 g/mol. The lowest BCUT2D eigenvalue weighted by atomic mass is 10.1. The average Bonchev–Trinajstić information content (AvgIpc) is 2.69. The van der Waals surface area contributed by atoms with Crippen LogP contribution in [0, 0.1) is 13.8 Å². The molecule has 1 unspecified atom stereocenters. The van der Waals surface area contributed by atoms with Crippen LogP contribution in [0.25, 0.3) is 0 Å². The molecule has 1 amide bonds. The molecule has 0 spiro atoms. The van der Waals surface area contributed by atoms with Crippen molar-refractivity contribution in [3.8, 4) is 0 Å². The van der Waals surface area contributed by atoms with Crippen molar-refractivity contribution in [2.45, 2.75) is 24.0 Å². The van der Waals surface area contributed by atoms with Gasteiger partial charge in [0.25, 0.3) is 0 Å². The van der Waals surface area contributed by atoms with Crippen LogP contribution in [0.5, 0.6) is 0 Å². The number of amides is 1. The van der Waals surface area contributed by atoms with E-state index >= 15 is 0 Å². The lowest BCUT2D eigenvalue weighted by Gasteiger charge is -2.27. The maximum atomic E-state index is 13.0. The molecular weight excluding hydrogens is 354 g/mol. The Morgan fingerprint density at radius 1 is 1.15 bits per heavy atom. The van der Waals surface area contributed by atoms with E-state index in [2.05, 4.69) is 47.6 Å². The molecule has 1 atom stereocenters. The Morgan fingerprint density at radius 3 is 2.59 bits per heavy atom. The molecule has 1 fully saturated rings. The van der Waals surface area contributed by atoms with E-state index in [4.69, 9.17) is 0 Å². The van der Waals surface area contributed by atoms with Gasteiger partial charge in [-0.15, -0.1) is 11.8 Å². The van der Waals surface area contributed by atoms with Crippen LogP contribution in [-0.2, 0) is 4.79 Å². The molecule has 0 radical (unpaired) electrons. The summed E-state index contributed by atoms with van der Waals surface area (Å²) in [6.45, 7) is 9.97. The maximum absolute atomic E-state index is 13.0. The van der Waals surface area contributed by atoms with E-state index in [9.17, 15) is 4.79 Å². The Morgan fingerprint density at radius 2 is 1.89 bits per heavy atom. The van der Waals surface area contributed by atoms with E-state index in [1.807, 2.05) is 30.3 Å². The zero-order valence-corrected chi connectivity index (χ0v) is 17.0. The van der Waals surface area contributed by atoms with Crippen molar-refractivity contribution in [1.82, 2.24) is 15.5 Å². The number of piperazine rings is 1. The van der Waals surface area contributed by atoms with Crippen molar-refractivity contribution in [3.63, 3.8) is 0 Å². The SMILES string of the molecule is Cc1ccc(SC(C(=O)NCCN2CCNCC2)c2ccccc2)c(C)c1. The van der Waals surface area contributed by atoms with Crippen molar-refractivity contribution in [2.24, 2.45) is 0 Å². The van der Waals surface area contributed by atoms with Crippen LogP contribution in [0.4, 0.5) is 0 Å². The first-order valence-corrected chi connectivity index (χ1v) is 10.5. The van der Waals surface area contributed by atoms with Gasteiger partial charge in [0, 0.05) is 44.2 Å². The zero-order valence-electron chi connectivity index (χ0n) is 16.2. The van der Waals surface area contributed by atoms with Gasteiger partial charge in [-0.2, -0.15) is 0 Å². The lowest BCUT2D eigenvalue weighted by Crippen LogP contribution is -2.46. The van der Waals surface area contributed by atoms with Crippen molar-refractivity contribution in [1.29, 1.82) is 0 Å². The fourth-order valence-corrected chi connectivity index (χ4v) is 4.45. The van der Waals surface area contributed by atoms with Gasteiger partial charge in [0.1, 0.15) is 5.25 Å². The van der Waals surface area contributed by atoms with E-state index in [1.54, 1.807) is 11.8 Å². The minimum Gasteiger partial charge on any atom is -0.354 e. The van der Waals surface area contributed by atoms with E-state index in [0.717, 1.165) is 43.2 Å². The van der Waals surface area contributed by atoms with Crippen LogP contribution in [0.2, 0.25) is 0 Å². The van der Waals surface area contributed by atoms with Crippen molar-refractivity contribution in [3.05, 3.63) is 65.2 Å². The van der Waals surface area contributed by atoms with Crippen LogP contribution in [0.1, 0.15) is 21.9 Å². The summed E-state index contributed by atoms with van der Waals surface area (Å²) in [5.74, 6) is 0.0845. The fourth-order valence-electron chi connectivity index (χ4n) is 3.32. The molecule has 2 aromatic carbocycles. The molecule has 1 heterocycles. The van der Waals surface area contributed by atoms with E-state index in [1.165, 1.54) is 11.1 Å². The predicted molar refractivity (Wildman–Crippen MR) is 113 cm³/mol. The largest absolute Gasteiger partial charge is 0.354 e. The smallest absolute Gasteiger partial charge is 0.238 e. The van der Waals surface area contributed by atoms with Gasteiger partial charge in [0.05, 0.1) is 0 Å². The fraction of sp³-hybridized carbons (Fsp3) is 0.409. The molecule has 2 aromatic rings. The third-order valence-electron chi connectivity index (χ3n) is 4.85. The number of aryl methyl sites for hydroxylation is 2. The number of nitrogens with zero attached hydrogens (tertiary/aromatic N) is 1. The molecule has 0 aromatic heterocycles. The summed E-state index contributed by atoms with van der Waals surface area (Å²) in [7, 11) is 0. The lowest BCUT2D eigenvalue weighted by molar-refractivity contribution is -0.120. The number of rotatable bonds is 7. The normalized spacial score (nSPS) is 16.1. The van der Waals surface area contributed by atoms with Crippen molar-refractivity contribution >= 4 is 17.7 Å². The highest BCUT2D eigenvalue weighted by Gasteiger charge is 2.22. The topological polar surface area (TPSA) is 44.4 Å². The Hall–Kier alpha value is -1.82. The molecule has 1 aliphatic heterocycles. The molecule has 27 heavy (non-hydrogen) atoms. The van der Waals surface area contributed by atoms with Gasteiger partial charge in [-0.05, 0) is 31.0 Å². The van der Waals surface area contributed by atoms with Crippen LogP contribution >= 0.6 is 11.8 Å². The third kappa shape index (κ3) is 5.83. The highest BCUT2D eigenvalue weighted by molar-refractivity contribution is 8.00. The molecule has 0 saturated carbocycles. The number of hydrogen-bond donors (Lipinski definition) is 2. The number of benzene rings is 2. The number of hydrogen-bond acceptors (Lipinski definition) is 4. The molecule has 1 saturated heterocycles. The van der Waals surface area contributed by atoms with Gasteiger partial charge in [-0.25, -0.2) is 0 Å². The predicted octanol–water partition coefficient (Wildman–Crippen LogP) is 3.16. The maximum Gasteiger partial charge on any atom is 0.238 e. The Labute approximate surface area is 166 Å². The van der Waals surface area contributed by atoms with Gasteiger partial charge in [-0.1, -0.05) is 48.0 Å². The molecule has 0 bridgehead atoms. The summed E-state index contributed by atoms with van der Waals surface area (Å²) in [6.07, 6.45) is 0. The molecule has 5 heteroatoms. The number of nitrogens with one attached hydrogen (secondary N) is 2. The van der Waals surface area contributed by atoms with Crippen LogP contribution < -0.4 is 10.6 Å². The Balaban J connectivity index is 1.66. The molecule has 144 valence electrons. The Bertz CT molecular complexity index is 744. The quantitative estimate of drug-likeness (QED) is 0.721. The first-order chi connectivity index (χ1) is 13.1. The zero-order chi connectivity index (χ0) is 19.1. The van der Waals surface area contributed by atoms with Crippen LogP contribution in [0.3, 0.4) is 0 Å². The summed E-state index contributed by atoms with van der Waals surface area (Å²) in [4.78, 5) is 16.6. The van der Waals surface area contributed by atoms with E-state index in [0.29, 0.717) is 6.54 Å². The summed E-state index contributed by atoms with van der Waals surface area (Å²) in [5, 5.41) is 6.28. The summed E-state index contributed by atoms with van der Waals surface area (Å²) >= 11 is 1.64. The van der Waals surface area contributed by atoms with E-state index in [-0.39, 0.29) is 11.2 Å². The minimum atomic E-state index is -0.240. The molecule has 4 nitrogen and oxygen atoms in total. The minimum absolute atomic E-state index is 0.0845. The highest BCUT2D eigenvalue weighted by atomic mass is 32.2. The molecule has 0 aliphatic carbocycles. The van der Waals surface area contributed by atoms with Gasteiger partial charge < -0.3 is 10.6 Å². The van der Waals surface area contributed by atoms with Crippen LogP contribution in [0.15, 0.2) is 53.4 Å². The molecule has 3 rings (SSSR count). The first kappa shape index (κ1) is 19.9. The van der Waals surface area contributed by atoms with Gasteiger partial charge in [-0.3, -0.25) is 9.69 Å². The molecule has 1 aliphatic rings. The van der Waals surface area contributed by atoms with Gasteiger partial charge >= 0.3 is 0 Å². The van der Waals surface area contributed by atoms with Crippen LogP contribution in [-0.4, -0.2) is 50.1 Å². The standard InChI is InChI=1S/C22H29N3OS/c1-17-8-9-20(18(2)16-17)27-21(19-6-4-3-5-7-19)22(26)24-12-15-25-13-10-23-11-14-25/h3-9,16,21,23H,10-15H2,1-2H3,(H,24,26). The Kier molecular flexibility index (Phi) is 7.33. The van der Waals surface area contributed by atoms with Crippen molar-refractivity contribution in [2.75, 3.05) is 39.3 Å². The molecule has 2 N–H and O–H groups in total.